The summed E-state index contributed by atoms with van der Waals surface area (Å²) >= 11 is 8.47. The normalized spacial score (nSPS) is 14.8. The molecule has 1 heterocycles. The number of aromatic nitrogens is 1. The average molecular weight is 1090 g/mol. The second-order valence-corrected chi connectivity index (χ2v) is 19.2. The van der Waals surface area contributed by atoms with Crippen LogP contribution in [0.15, 0.2) is 97.2 Å². The Morgan fingerprint density at radius 1 is 0.579 bits per heavy atom. The van der Waals surface area contributed by atoms with Gasteiger partial charge < -0.3 is 69.0 Å². The van der Waals surface area contributed by atoms with Gasteiger partial charge >= 0.3 is 0 Å². The minimum Gasteiger partial charge on any atom is -0.508 e. The molecular weight excluding hydrogens is 1020 g/mol. The number of fused-ring (bicyclic) bond motifs is 2. The van der Waals surface area contributed by atoms with Crippen molar-refractivity contribution in [2.45, 2.75) is 113 Å². The molecule has 0 fully saturated rings. The predicted molar refractivity (Wildman–Crippen MR) is 293 cm³/mol. The number of H-pyrrole nitrogens is 1. The summed E-state index contributed by atoms with van der Waals surface area (Å²) in [5.41, 5.74) is 13.9. The smallest absolute Gasteiger partial charge is 0.245 e. The van der Waals surface area contributed by atoms with Crippen LogP contribution in [0.3, 0.4) is 0 Å². The number of aliphatic hydroxyl groups excluding tert-OH is 2. The highest BCUT2D eigenvalue weighted by Gasteiger charge is 2.36. The lowest BCUT2D eigenvalue weighted by Crippen LogP contribution is -2.62. The molecule has 0 radical (unpaired) electrons. The van der Waals surface area contributed by atoms with Crippen molar-refractivity contribution in [1.82, 2.24) is 42.2 Å². The van der Waals surface area contributed by atoms with Crippen molar-refractivity contribution in [2.24, 2.45) is 11.5 Å². The molecule has 408 valence electrons. The zero-order valence-corrected chi connectivity index (χ0v) is 44.0. The third-order valence-corrected chi connectivity index (χ3v) is 13.3. The summed E-state index contributed by atoms with van der Waals surface area (Å²) < 4.78 is 0. The van der Waals surface area contributed by atoms with Crippen LogP contribution in [0.25, 0.3) is 21.7 Å². The van der Waals surface area contributed by atoms with Crippen LogP contribution < -0.4 is 48.7 Å². The van der Waals surface area contributed by atoms with E-state index >= 15 is 0 Å². The van der Waals surface area contributed by atoms with Crippen molar-refractivity contribution in [3.05, 3.63) is 114 Å². The number of phenols is 1. The second kappa shape index (κ2) is 29.2. The lowest BCUT2D eigenvalue weighted by molar-refractivity contribution is -0.137. The fourth-order valence-electron chi connectivity index (χ4n) is 8.30. The molecule has 4 aromatic carbocycles. The number of carbonyl (C=O) groups is 8. The number of unbranched alkanes of at least 4 members (excludes halogenated alkanes) is 1. The zero-order valence-electron chi connectivity index (χ0n) is 42.2. The monoisotopic (exact) mass is 1080 g/mol. The zero-order chi connectivity index (χ0) is 55.5. The Morgan fingerprint density at radius 2 is 1.11 bits per heavy atom. The van der Waals surface area contributed by atoms with Crippen molar-refractivity contribution in [2.75, 3.05) is 18.1 Å². The maximum absolute atomic E-state index is 14.7. The van der Waals surface area contributed by atoms with Crippen molar-refractivity contribution < 1.29 is 53.7 Å². The van der Waals surface area contributed by atoms with E-state index in [1.807, 2.05) is 60.7 Å². The molecule has 0 aliphatic carbocycles. The van der Waals surface area contributed by atoms with Gasteiger partial charge in [0.2, 0.25) is 47.3 Å². The Bertz CT molecular complexity index is 2810. The summed E-state index contributed by atoms with van der Waals surface area (Å²) in [7, 11) is 0. The van der Waals surface area contributed by atoms with Crippen molar-refractivity contribution in [3.8, 4) is 5.75 Å². The van der Waals surface area contributed by atoms with Crippen LogP contribution in [-0.2, 0) is 57.6 Å². The number of carbonyl (C=O) groups excluding carboxylic acids is 8. The van der Waals surface area contributed by atoms with E-state index in [0.29, 0.717) is 30.4 Å². The second-order valence-electron chi connectivity index (χ2n) is 18.5. The number of aliphatic hydroxyl groups is 2. The van der Waals surface area contributed by atoms with E-state index in [1.165, 1.54) is 26.0 Å². The molecule has 21 nitrogen and oxygen atoms in total. The Labute approximate surface area is 450 Å². The number of nitrogens with one attached hydrogen (secondary N) is 8. The summed E-state index contributed by atoms with van der Waals surface area (Å²) in [6, 6.07) is 16.9. The molecule has 0 unspecified atom stereocenters. The van der Waals surface area contributed by atoms with E-state index in [1.54, 1.807) is 24.4 Å². The van der Waals surface area contributed by atoms with Gasteiger partial charge in [0.1, 0.15) is 48.0 Å². The predicted octanol–water partition coefficient (Wildman–Crippen LogP) is 0.0738. The Morgan fingerprint density at radius 3 is 1.74 bits per heavy atom. The molecule has 15 N–H and O–H groups in total. The molecule has 0 spiro atoms. The van der Waals surface area contributed by atoms with Crippen LogP contribution in [-0.4, -0.2) is 140 Å². The topological polar surface area (TPSA) is 349 Å². The van der Waals surface area contributed by atoms with Gasteiger partial charge in [0.15, 0.2) is 0 Å². The highest BCUT2D eigenvalue weighted by molar-refractivity contribution is 7.80. The van der Waals surface area contributed by atoms with E-state index in [-0.39, 0.29) is 49.5 Å². The molecule has 76 heavy (non-hydrogen) atoms. The van der Waals surface area contributed by atoms with E-state index in [9.17, 15) is 53.7 Å². The van der Waals surface area contributed by atoms with Gasteiger partial charge in [-0.2, -0.15) is 25.3 Å². The quantitative estimate of drug-likeness (QED) is 0.0224. The molecule has 0 aliphatic rings. The van der Waals surface area contributed by atoms with Gasteiger partial charge in [0.05, 0.1) is 12.2 Å². The van der Waals surface area contributed by atoms with E-state index in [0.717, 1.165) is 27.2 Å². The van der Waals surface area contributed by atoms with Crippen molar-refractivity contribution in [3.63, 3.8) is 0 Å². The van der Waals surface area contributed by atoms with E-state index < -0.39 is 102 Å². The first-order valence-corrected chi connectivity index (χ1v) is 26.1. The molecule has 0 bridgehead atoms. The summed E-state index contributed by atoms with van der Waals surface area (Å²) in [5.74, 6) is -7.29. The maximum Gasteiger partial charge on any atom is 0.245 e. The minimum atomic E-state index is -1.71. The molecular formula is C53H68N10O11S2. The first-order chi connectivity index (χ1) is 36.3. The highest BCUT2D eigenvalue weighted by Crippen LogP contribution is 2.21. The fourth-order valence-corrected chi connectivity index (χ4v) is 8.81. The number of benzene rings is 4. The molecule has 9 atom stereocenters. The van der Waals surface area contributed by atoms with Crippen LogP contribution in [0.1, 0.15) is 56.2 Å². The first kappa shape index (κ1) is 59.7. The lowest BCUT2D eigenvalue weighted by Gasteiger charge is -2.28. The van der Waals surface area contributed by atoms with Crippen LogP contribution in [0.5, 0.6) is 5.75 Å². The van der Waals surface area contributed by atoms with Crippen molar-refractivity contribution in [1.29, 1.82) is 0 Å². The number of aromatic hydroxyl groups is 1. The number of thiol groups is 2. The number of rotatable bonds is 29. The van der Waals surface area contributed by atoms with Gasteiger partial charge in [0, 0.05) is 47.9 Å². The molecule has 8 amide bonds. The lowest BCUT2D eigenvalue weighted by atomic mass is 10.0. The Hall–Kier alpha value is -7.18. The summed E-state index contributed by atoms with van der Waals surface area (Å²) in [6.07, 6.45) is -0.410. The van der Waals surface area contributed by atoms with Crippen molar-refractivity contribution >= 4 is 94.2 Å². The van der Waals surface area contributed by atoms with E-state index in [2.05, 4.69) is 67.5 Å². The Kier molecular flexibility index (Phi) is 22.9. The van der Waals surface area contributed by atoms with E-state index in [4.69, 9.17) is 11.5 Å². The van der Waals surface area contributed by atoms with Gasteiger partial charge in [-0.05, 0) is 91.7 Å². The molecule has 0 saturated carbocycles. The minimum absolute atomic E-state index is 0.0230. The number of hydrogen-bond acceptors (Lipinski definition) is 14. The fraction of sp³-hybridized carbons (Fsp3) is 0.396. The van der Waals surface area contributed by atoms with Crippen LogP contribution in [0, 0.1) is 0 Å². The van der Waals surface area contributed by atoms with Gasteiger partial charge in [-0.25, -0.2) is 0 Å². The SMILES string of the molecule is C[C@@H](O)[C@H](NC(=O)[C@H](CS)NC(=O)[C@@H](NC(=O)[C@H](CCCCN)NC(=O)[C@@H](Cc1c[nH]c2ccccc12)NC(=O)[C@H](Cc1ccc(O)cc1)NC(=O)[C@@H](CS)NC(=O)CCc1ccc2ccccc2c1)[C@@H](C)O)C(N)=O. The molecule has 5 aromatic rings. The molecule has 0 saturated heterocycles. The van der Waals surface area contributed by atoms with Gasteiger partial charge in [-0.15, -0.1) is 0 Å². The largest absolute Gasteiger partial charge is 0.508 e. The summed E-state index contributed by atoms with van der Waals surface area (Å²) in [6.45, 7) is 2.66. The number of primary amides is 1. The Balaban J connectivity index is 1.38. The summed E-state index contributed by atoms with van der Waals surface area (Å²) in [4.78, 5) is 112. The van der Waals surface area contributed by atoms with Gasteiger partial charge in [0.25, 0.3) is 0 Å². The third kappa shape index (κ3) is 17.4. The van der Waals surface area contributed by atoms with Gasteiger partial charge in [-0.1, -0.05) is 72.8 Å². The van der Waals surface area contributed by atoms with Crippen LogP contribution >= 0.6 is 25.3 Å². The maximum atomic E-state index is 14.7. The number of nitrogens with two attached hydrogens (primary N) is 2. The molecule has 23 heteroatoms. The number of para-hydroxylation sites is 1. The molecule has 1 aromatic heterocycles. The number of aryl methyl sites for hydroxylation is 1. The third-order valence-electron chi connectivity index (χ3n) is 12.6. The first-order valence-electron chi connectivity index (χ1n) is 24.8. The number of aromatic amines is 1. The number of hydrogen-bond donors (Lipinski definition) is 15. The average Bonchev–Trinajstić information content (AvgIpc) is 3.81. The number of amides is 8. The highest BCUT2D eigenvalue weighted by atomic mass is 32.1. The molecule has 0 aliphatic heterocycles. The number of phenolic OH excluding ortho intramolecular Hbond substituents is 1. The van der Waals surface area contributed by atoms with Crippen LogP contribution in [0.4, 0.5) is 0 Å². The van der Waals surface area contributed by atoms with Gasteiger partial charge in [-0.3, -0.25) is 38.4 Å². The molecule has 5 rings (SSSR count). The van der Waals surface area contributed by atoms with Crippen LogP contribution in [0.2, 0.25) is 0 Å². The summed E-state index contributed by atoms with van der Waals surface area (Å²) in [5, 5.41) is 51.5. The standard InChI is InChI=1S/C53H68N10O11S2/c1-29(64)45(47(55)68)62-52(73)43(28-76)61-53(74)46(30(2)65)63-48(69)39(13-7-8-22-54)58-50(71)41(25-35-26-56-38-12-6-5-11-37(35)38)60-49(70)40(24-32-15-19-36(66)20-16-32)59-51(72)42(27-75)57-44(67)21-17-31-14-18-33-9-3-4-10-34(33)23-31/h3-6,9-12,14-16,18-20,23,26,29-30,39-43,45-46,56,64-66,75-76H,7-8,13,17,21-22,24-25,27-28,54H2,1-2H3,(H2,55,68)(H,57,67)(H,58,71)(H,59,72)(H,60,70)(H,61,74)(H,62,73)(H,63,69)/t29-,30-,39+,40+,41-,42-,43+,45+,46+/m1/s1.